The molecule has 0 spiro atoms. The lowest BCUT2D eigenvalue weighted by molar-refractivity contribution is -0.136. The largest absolute Gasteiger partial charge is 0.467 e. The average molecular weight is 461 g/mol. The Kier molecular flexibility index (Phi) is 5.56. The Bertz CT molecular complexity index is 1260. The Morgan fingerprint density at radius 1 is 1.26 bits per heavy atom. The molecule has 1 atom stereocenters. The zero-order valence-corrected chi connectivity index (χ0v) is 18.2. The lowest BCUT2D eigenvalue weighted by atomic mass is 9.83. The molecule has 160 valence electrons. The minimum atomic E-state index is -0.932. The summed E-state index contributed by atoms with van der Waals surface area (Å²) in [4.78, 5) is 26.3. The number of aromatic nitrogens is 1. The number of rotatable bonds is 4. The van der Waals surface area contributed by atoms with Gasteiger partial charge in [0.25, 0.3) is 5.56 Å². The summed E-state index contributed by atoms with van der Waals surface area (Å²) in [6, 6.07) is 10.2. The predicted octanol–water partition coefficient (Wildman–Crippen LogP) is 3.97. The first-order valence-corrected chi connectivity index (χ1v) is 10.1. The first-order chi connectivity index (χ1) is 14.8. The second kappa shape index (κ2) is 8.17. The molecule has 2 N–H and O–H groups in total. The molecule has 0 aliphatic carbocycles. The highest BCUT2D eigenvalue weighted by molar-refractivity contribution is 6.42. The fourth-order valence-electron chi connectivity index (χ4n) is 3.70. The molecule has 3 heterocycles. The lowest BCUT2D eigenvalue weighted by Gasteiger charge is -2.29. The molecule has 0 saturated carbocycles. The van der Waals surface area contributed by atoms with Crippen LogP contribution >= 0.6 is 23.2 Å². The van der Waals surface area contributed by atoms with Gasteiger partial charge in [0.05, 0.1) is 41.4 Å². The van der Waals surface area contributed by atoms with Crippen molar-refractivity contribution in [3.63, 3.8) is 0 Å². The number of benzene rings is 1. The molecule has 1 aliphatic heterocycles. The zero-order valence-electron chi connectivity index (χ0n) is 16.6. The molecule has 0 saturated heterocycles. The van der Waals surface area contributed by atoms with Gasteiger partial charge < -0.3 is 24.2 Å². The summed E-state index contributed by atoms with van der Waals surface area (Å²) in [7, 11) is 1.22. The van der Waals surface area contributed by atoms with Gasteiger partial charge in [-0.25, -0.2) is 4.79 Å². The van der Waals surface area contributed by atoms with E-state index in [0.29, 0.717) is 17.0 Å². The number of hydrogen-bond donors (Lipinski definition) is 1. The van der Waals surface area contributed by atoms with Crippen LogP contribution in [0.15, 0.2) is 63.3 Å². The van der Waals surface area contributed by atoms with E-state index in [1.807, 2.05) is 0 Å². The minimum absolute atomic E-state index is 0.0235. The summed E-state index contributed by atoms with van der Waals surface area (Å²) < 4.78 is 17.5. The highest BCUT2D eigenvalue weighted by Crippen LogP contribution is 2.44. The van der Waals surface area contributed by atoms with Gasteiger partial charge in [-0.2, -0.15) is 0 Å². The summed E-state index contributed by atoms with van der Waals surface area (Å²) in [5, 5.41) is 0.479. The number of pyridine rings is 1. The smallest absolute Gasteiger partial charge is 0.340 e. The highest BCUT2D eigenvalue weighted by Gasteiger charge is 2.39. The molecule has 3 aromatic rings. The molecule has 0 amide bonds. The van der Waals surface area contributed by atoms with Crippen molar-refractivity contribution in [2.75, 3.05) is 7.11 Å². The van der Waals surface area contributed by atoms with Crippen molar-refractivity contribution in [2.45, 2.75) is 19.4 Å². The molecule has 31 heavy (non-hydrogen) atoms. The van der Waals surface area contributed by atoms with Gasteiger partial charge in [0.15, 0.2) is 0 Å². The van der Waals surface area contributed by atoms with Gasteiger partial charge >= 0.3 is 5.97 Å². The van der Waals surface area contributed by atoms with Gasteiger partial charge in [-0.3, -0.25) is 4.79 Å². The van der Waals surface area contributed by atoms with Crippen LogP contribution in [0.3, 0.4) is 0 Å². The second-order valence-corrected chi connectivity index (χ2v) is 7.77. The van der Waals surface area contributed by atoms with Crippen molar-refractivity contribution in [1.82, 2.24) is 4.57 Å². The lowest BCUT2D eigenvalue weighted by Crippen LogP contribution is -2.35. The van der Waals surface area contributed by atoms with E-state index in [1.54, 1.807) is 43.3 Å². The van der Waals surface area contributed by atoms with Gasteiger partial charge in [-0.15, -0.1) is 0 Å². The van der Waals surface area contributed by atoms with E-state index in [9.17, 15) is 9.59 Å². The van der Waals surface area contributed by atoms with E-state index in [4.69, 9.17) is 42.8 Å². The van der Waals surface area contributed by atoms with E-state index < -0.39 is 11.9 Å². The number of methoxy groups -OCH3 is 1. The van der Waals surface area contributed by atoms with Crippen LogP contribution in [0.4, 0.5) is 0 Å². The van der Waals surface area contributed by atoms with Crippen molar-refractivity contribution in [3.8, 4) is 5.75 Å². The maximum atomic E-state index is 13.7. The topological polar surface area (TPSA) is 96.7 Å². The molecular formula is C22H18Cl2N2O5. The van der Waals surface area contributed by atoms with Crippen molar-refractivity contribution >= 4 is 29.2 Å². The number of carbonyl (C=O) groups excluding carboxylic acids is 1. The number of nitrogens with zero attached hydrogens (tertiary/aromatic N) is 1. The SMILES string of the molecule is COC(=O)C1=C(N)Oc2cc(C)n(Cc3ccco3)c(=O)c2[C@@H]1c1cccc(Cl)c1Cl. The van der Waals surface area contributed by atoms with Crippen LogP contribution in [-0.2, 0) is 16.1 Å². The molecule has 1 aromatic carbocycles. The quantitative estimate of drug-likeness (QED) is 0.591. The monoisotopic (exact) mass is 460 g/mol. The number of nitrogens with two attached hydrogens (primary N) is 1. The Morgan fingerprint density at radius 3 is 2.71 bits per heavy atom. The minimum Gasteiger partial charge on any atom is -0.467 e. The normalized spacial score (nSPS) is 15.4. The van der Waals surface area contributed by atoms with Gasteiger partial charge in [-0.05, 0) is 30.7 Å². The number of furan rings is 1. The number of aryl methyl sites for hydroxylation is 1. The number of esters is 1. The standard InChI is InChI=1S/C22H18Cl2N2O5/c1-11-9-15-17(21(27)26(11)10-12-5-4-8-30-12)16(13-6-3-7-14(23)19(13)24)18(20(25)31-15)22(28)29-2/h3-9,16H,10,25H2,1-2H3/t16-/m0/s1. The number of halogens is 2. The van der Waals surface area contributed by atoms with Crippen molar-refractivity contribution in [1.29, 1.82) is 0 Å². The third-order valence-corrected chi connectivity index (χ3v) is 5.99. The average Bonchev–Trinajstić information content (AvgIpc) is 3.25. The fourth-order valence-corrected chi connectivity index (χ4v) is 4.12. The van der Waals surface area contributed by atoms with Crippen LogP contribution < -0.4 is 16.0 Å². The Hall–Kier alpha value is -3.16. The van der Waals surface area contributed by atoms with E-state index in [0.717, 1.165) is 0 Å². The van der Waals surface area contributed by atoms with E-state index in [-0.39, 0.29) is 44.9 Å². The van der Waals surface area contributed by atoms with Gasteiger partial charge in [-0.1, -0.05) is 35.3 Å². The molecule has 4 rings (SSSR count). The van der Waals surface area contributed by atoms with Gasteiger partial charge in [0, 0.05) is 11.8 Å². The Morgan fingerprint density at radius 2 is 2.03 bits per heavy atom. The number of carbonyl (C=O) groups is 1. The van der Waals surface area contributed by atoms with E-state index in [1.165, 1.54) is 17.9 Å². The third kappa shape index (κ3) is 3.60. The van der Waals surface area contributed by atoms with E-state index in [2.05, 4.69) is 0 Å². The Balaban J connectivity index is 2.00. The molecule has 1 aliphatic rings. The second-order valence-electron chi connectivity index (χ2n) is 6.98. The van der Waals surface area contributed by atoms with Crippen LogP contribution in [0.25, 0.3) is 0 Å². The van der Waals surface area contributed by atoms with Crippen LogP contribution in [0.1, 0.15) is 28.5 Å². The van der Waals surface area contributed by atoms with Crippen LogP contribution in [0.2, 0.25) is 10.0 Å². The first-order valence-electron chi connectivity index (χ1n) is 9.30. The summed E-state index contributed by atoms with van der Waals surface area (Å²) in [5.41, 5.74) is 6.97. The molecule has 0 unspecified atom stereocenters. The molecule has 9 heteroatoms. The van der Waals surface area contributed by atoms with Crippen LogP contribution in [0, 0.1) is 6.92 Å². The molecule has 0 radical (unpaired) electrons. The highest BCUT2D eigenvalue weighted by atomic mass is 35.5. The maximum absolute atomic E-state index is 13.7. The fraction of sp³-hybridized carbons (Fsp3) is 0.182. The predicted molar refractivity (Wildman–Crippen MR) is 115 cm³/mol. The molecule has 0 bridgehead atoms. The van der Waals surface area contributed by atoms with E-state index >= 15 is 0 Å². The molecule has 7 nitrogen and oxygen atoms in total. The van der Waals surface area contributed by atoms with Gasteiger partial charge in [0.1, 0.15) is 17.1 Å². The first kappa shape index (κ1) is 21.1. The number of fused-ring (bicyclic) bond motifs is 1. The summed E-state index contributed by atoms with van der Waals surface area (Å²) in [6.07, 6.45) is 1.53. The van der Waals surface area contributed by atoms with Crippen molar-refractivity contribution < 1.29 is 18.7 Å². The van der Waals surface area contributed by atoms with Crippen molar-refractivity contribution in [3.05, 3.63) is 97.1 Å². The van der Waals surface area contributed by atoms with Crippen LogP contribution in [-0.4, -0.2) is 17.6 Å². The molecule has 0 fully saturated rings. The van der Waals surface area contributed by atoms with Gasteiger partial charge in [0.2, 0.25) is 5.88 Å². The molecular weight excluding hydrogens is 443 g/mol. The summed E-state index contributed by atoms with van der Waals surface area (Å²) >= 11 is 12.7. The third-order valence-electron chi connectivity index (χ3n) is 5.16. The summed E-state index contributed by atoms with van der Waals surface area (Å²) in [6.45, 7) is 1.97. The number of ether oxygens (including phenoxy) is 2. The van der Waals surface area contributed by atoms with Crippen LogP contribution in [0.5, 0.6) is 5.75 Å². The molecule has 2 aromatic heterocycles. The zero-order chi connectivity index (χ0) is 22.3. The number of hydrogen-bond acceptors (Lipinski definition) is 6. The maximum Gasteiger partial charge on any atom is 0.340 e. The summed E-state index contributed by atoms with van der Waals surface area (Å²) in [5.74, 6) is -0.991. The Labute approximate surface area is 187 Å². The van der Waals surface area contributed by atoms with Crippen molar-refractivity contribution in [2.24, 2.45) is 5.73 Å².